The minimum atomic E-state index is -0.439. The Bertz CT molecular complexity index is 202. The zero-order valence-electron chi connectivity index (χ0n) is 7.29. The Kier molecular flexibility index (Phi) is 2.81. The molecule has 68 valence electrons. The van der Waals surface area contributed by atoms with Crippen molar-refractivity contribution in [3.8, 4) is 0 Å². The molecular formula is C8H13NO3. The molecule has 0 aliphatic carbocycles. The van der Waals surface area contributed by atoms with E-state index >= 15 is 0 Å². The minimum absolute atomic E-state index is 0.0790. The second-order valence-electron chi connectivity index (χ2n) is 3.09. The second-order valence-corrected chi connectivity index (χ2v) is 3.09. The van der Waals surface area contributed by atoms with Crippen LogP contribution in [-0.4, -0.2) is 30.9 Å². The van der Waals surface area contributed by atoms with Gasteiger partial charge in [0.15, 0.2) is 0 Å². The second kappa shape index (κ2) is 3.67. The van der Waals surface area contributed by atoms with E-state index in [2.05, 4.69) is 10.1 Å². The number of ether oxygens (including phenoxy) is 1. The first-order valence-corrected chi connectivity index (χ1v) is 3.99. The predicted octanol–water partition coefficient (Wildman–Crippen LogP) is -0.131. The number of carbonyl (C=O) groups is 2. The molecule has 1 N–H and O–H groups in total. The average Bonchev–Trinajstić information content (AvgIpc) is 2.01. The van der Waals surface area contributed by atoms with Crippen molar-refractivity contribution < 1.29 is 14.3 Å². The number of Topliss-reactive ketones (excluding diaryl/α,β-unsaturated/α-hetero) is 1. The van der Waals surface area contributed by atoms with Crippen LogP contribution in [0.4, 0.5) is 0 Å². The van der Waals surface area contributed by atoms with Crippen LogP contribution in [0.2, 0.25) is 0 Å². The molecule has 0 aromatic heterocycles. The number of esters is 1. The summed E-state index contributed by atoms with van der Waals surface area (Å²) < 4.78 is 4.53. The number of piperidine rings is 1. The Labute approximate surface area is 71.3 Å². The summed E-state index contributed by atoms with van der Waals surface area (Å²) in [6.07, 6.45) is 0.768. The highest BCUT2D eigenvalue weighted by Crippen LogP contribution is 2.09. The molecule has 0 aromatic carbocycles. The molecule has 2 atom stereocenters. The molecule has 1 aliphatic rings. The molecule has 1 aliphatic heterocycles. The molecule has 4 nitrogen and oxygen atoms in total. The number of nitrogens with one attached hydrogen (secondary N) is 1. The van der Waals surface area contributed by atoms with Gasteiger partial charge >= 0.3 is 5.97 Å². The summed E-state index contributed by atoms with van der Waals surface area (Å²) >= 11 is 0. The number of hydrogen-bond acceptors (Lipinski definition) is 4. The first-order valence-electron chi connectivity index (χ1n) is 3.99. The molecular weight excluding hydrogens is 158 g/mol. The van der Waals surface area contributed by atoms with Gasteiger partial charge in [-0.05, 0) is 6.92 Å². The zero-order chi connectivity index (χ0) is 9.14. The van der Waals surface area contributed by atoms with Crippen LogP contribution in [0.3, 0.4) is 0 Å². The van der Waals surface area contributed by atoms with Gasteiger partial charge in [-0.25, -0.2) is 0 Å². The largest absolute Gasteiger partial charge is 0.468 e. The van der Waals surface area contributed by atoms with Gasteiger partial charge in [0.2, 0.25) is 0 Å². The number of hydrogen-bond donors (Lipinski definition) is 1. The summed E-state index contributed by atoms with van der Waals surface area (Å²) in [7, 11) is 1.33. The van der Waals surface area contributed by atoms with Crippen LogP contribution < -0.4 is 5.32 Å². The summed E-state index contributed by atoms with van der Waals surface area (Å²) in [4.78, 5) is 22.1. The number of methoxy groups -OCH3 is 1. The van der Waals surface area contributed by atoms with E-state index < -0.39 is 6.04 Å². The molecule has 1 heterocycles. The van der Waals surface area contributed by atoms with E-state index in [-0.39, 0.29) is 24.2 Å². The summed E-state index contributed by atoms with van der Waals surface area (Å²) in [6.45, 7) is 1.88. The van der Waals surface area contributed by atoms with E-state index in [0.717, 1.165) is 0 Å². The molecule has 4 heteroatoms. The summed E-state index contributed by atoms with van der Waals surface area (Å²) in [5, 5.41) is 3.00. The Hall–Kier alpha value is -0.900. The van der Waals surface area contributed by atoms with Gasteiger partial charge in [-0.2, -0.15) is 0 Å². The lowest BCUT2D eigenvalue weighted by Gasteiger charge is -2.25. The standard InChI is InChI=1S/C8H13NO3/c1-5-3-6(10)4-7(9-5)8(11)12-2/h5,7,9H,3-4H2,1-2H3/t5?,7-/m0/s1. The Morgan fingerprint density at radius 2 is 2.25 bits per heavy atom. The lowest BCUT2D eigenvalue weighted by molar-refractivity contribution is -0.146. The van der Waals surface area contributed by atoms with Crippen molar-refractivity contribution in [1.82, 2.24) is 5.32 Å². The third-order valence-corrected chi connectivity index (χ3v) is 1.94. The third-order valence-electron chi connectivity index (χ3n) is 1.94. The van der Waals surface area contributed by atoms with Crippen molar-refractivity contribution in [2.75, 3.05) is 7.11 Å². The highest BCUT2D eigenvalue weighted by molar-refractivity contribution is 5.88. The normalized spacial score (nSPS) is 30.0. The van der Waals surface area contributed by atoms with Gasteiger partial charge in [0.25, 0.3) is 0 Å². The van der Waals surface area contributed by atoms with Crippen molar-refractivity contribution in [3.63, 3.8) is 0 Å². The number of carbonyl (C=O) groups excluding carboxylic acids is 2. The summed E-state index contributed by atoms with van der Waals surface area (Å²) in [6, 6.07) is -0.360. The maximum Gasteiger partial charge on any atom is 0.323 e. The first kappa shape index (κ1) is 9.19. The highest BCUT2D eigenvalue weighted by Gasteiger charge is 2.29. The molecule has 12 heavy (non-hydrogen) atoms. The minimum Gasteiger partial charge on any atom is -0.468 e. The van der Waals surface area contributed by atoms with E-state index in [0.29, 0.717) is 6.42 Å². The van der Waals surface area contributed by atoms with E-state index in [1.165, 1.54) is 7.11 Å². The van der Waals surface area contributed by atoms with Crippen LogP contribution in [0, 0.1) is 0 Å². The van der Waals surface area contributed by atoms with Crippen LogP contribution in [0.15, 0.2) is 0 Å². The molecule has 0 saturated carbocycles. The molecule has 1 fully saturated rings. The first-order chi connectivity index (χ1) is 5.63. The highest BCUT2D eigenvalue weighted by atomic mass is 16.5. The van der Waals surface area contributed by atoms with E-state index in [9.17, 15) is 9.59 Å². The van der Waals surface area contributed by atoms with Crippen LogP contribution >= 0.6 is 0 Å². The molecule has 0 aromatic rings. The van der Waals surface area contributed by atoms with Crippen LogP contribution in [-0.2, 0) is 14.3 Å². The Morgan fingerprint density at radius 1 is 1.58 bits per heavy atom. The number of rotatable bonds is 1. The summed E-state index contributed by atoms with van der Waals surface area (Å²) in [5.41, 5.74) is 0. The van der Waals surface area contributed by atoms with Gasteiger partial charge in [-0.3, -0.25) is 9.59 Å². The SMILES string of the molecule is COC(=O)[C@@H]1CC(=O)CC(C)N1. The molecule has 1 rings (SSSR count). The van der Waals surface area contributed by atoms with Crippen molar-refractivity contribution >= 4 is 11.8 Å². The van der Waals surface area contributed by atoms with Gasteiger partial charge in [-0.1, -0.05) is 0 Å². The predicted molar refractivity (Wildman–Crippen MR) is 42.6 cm³/mol. The van der Waals surface area contributed by atoms with E-state index in [4.69, 9.17) is 0 Å². The van der Waals surface area contributed by atoms with Gasteiger partial charge in [0.1, 0.15) is 11.8 Å². The van der Waals surface area contributed by atoms with Crippen LogP contribution in [0.5, 0.6) is 0 Å². The maximum absolute atomic E-state index is 11.1. The fourth-order valence-corrected chi connectivity index (χ4v) is 1.41. The number of ketones is 1. The van der Waals surface area contributed by atoms with E-state index in [1.807, 2.05) is 6.92 Å². The van der Waals surface area contributed by atoms with Gasteiger partial charge in [-0.15, -0.1) is 0 Å². The third kappa shape index (κ3) is 2.04. The zero-order valence-corrected chi connectivity index (χ0v) is 7.29. The molecule has 0 radical (unpaired) electrons. The quantitative estimate of drug-likeness (QED) is 0.558. The van der Waals surface area contributed by atoms with Gasteiger partial charge in [0, 0.05) is 18.9 Å². The molecule has 0 amide bonds. The smallest absolute Gasteiger partial charge is 0.323 e. The van der Waals surface area contributed by atoms with Crippen molar-refractivity contribution in [1.29, 1.82) is 0 Å². The Balaban J connectivity index is 2.55. The average molecular weight is 171 g/mol. The molecule has 0 spiro atoms. The lowest BCUT2D eigenvalue weighted by atomic mass is 9.98. The fourth-order valence-electron chi connectivity index (χ4n) is 1.41. The van der Waals surface area contributed by atoms with Crippen molar-refractivity contribution in [3.05, 3.63) is 0 Å². The van der Waals surface area contributed by atoms with E-state index in [1.54, 1.807) is 0 Å². The maximum atomic E-state index is 11.1. The van der Waals surface area contributed by atoms with Crippen LogP contribution in [0.25, 0.3) is 0 Å². The monoisotopic (exact) mass is 171 g/mol. The lowest BCUT2D eigenvalue weighted by Crippen LogP contribution is -2.49. The molecule has 0 bridgehead atoms. The van der Waals surface area contributed by atoms with Crippen molar-refractivity contribution in [2.24, 2.45) is 0 Å². The van der Waals surface area contributed by atoms with Crippen LogP contribution in [0.1, 0.15) is 19.8 Å². The molecule has 1 saturated heterocycles. The van der Waals surface area contributed by atoms with Crippen molar-refractivity contribution in [2.45, 2.75) is 31.8 Å². The van der Waals surface area contributed by atoms with Gasteiger partial charge in [0.05, 0.1) is 7.11 Å². The topological polar surface area (TPSA) is 55.4 Å². The molecule has 1 unspecified atom stereocenters. The van der Waals surface area contributed by atoms with Gasteiger partial charge < -0.3 is 10.1 Å². The Morgan fingerprint density at radius 3 is 2.75 bits per heavy atom. The summed E-state index contributed by atoms with van der Waals surface area (Å²) in [5.74, 6) is -0.230. The fraction of sp³-hybridized carbons (Fsp3) is 0.750.